The first-order chi connectivity index (χ1) is 12.6. The Morgan fingerprint density at radius 3 is 2.46 bits per heavy atom. The Morgan fingerprint density at radius 2 is 1.77 bits per heavy atom. The minimum atomic E-state index is 0.0597. The molecule has 0 aromatic heterocycles. The summed E-state index contributed by atoms with van der Waals surface area (Å²) >= 11 is 5.86. The predicted molar refractivity (Wildman–Crippen MR) is 104 cm³/mol. The highest BCUT2D eigenvalue weighted by Gasteiger charge is 2.24. The summed E-state index contributed by atoms with van der Waals surface area (Å²) in [6.45, 7) is 0. The third-order valence-corrected chi connectivity index (χ3v) is 4.99. The molecule has 1 amide bonds. The molecular weight excluding hydrogens is 350 g/mol. The van der Waals surface area contributed by atoms with Crippen LogP contribution in [-0.4, -0.2) is 19.1 Å². The number of carbonyl (C=O) groups excluding carboxylic acids is 1. The molecule has 3 rings (SSSR count). The van der Waals surface area contributed by atoms with Crippen molar-refractivity contribution in [2.24, 2.45) is 5.92 Å². The van der Waals surface area contributed by atoms with Gasteiger partial charge in [0.1, 0.15) is 11.5 Å². The van der Waals surface area contributed by atoms with Crippen LogP contribution in [0.5, 0.6) is 11.5 Å². The zero-order chi connectivity index (χ0) is 18.4. The lowest BCUT2D eigenvalue weighted by atomic mass is 9.85. The molecule has 2 aromatic rings. The highest BCUT2D eigenvalue weighted by Crippen LogP contribution is 2.31. The van der Waals surface area contributed by atoms with Crippen LogP contribution >= 0.6 is 11.6 Å². The molecule has 0 atom stereocenters. The molecule has 0 aliphatic heterocycles. The first-order valence-electron chi connectivity index (χ1n) is 8.98. The summed E-state index contributed by atoms with van der Waals surface area (Å²) in [5.74, 6) is 2.11. The van der Waals surface area contributed by atoms with Gasteiger partial charge in [0.05, 0.1) is 13.2 Å². The number of rotatable bonds is 6. The molecule has 26 heavy (non-hydrogen) atoms. The third-order valence-electron chi connectivity index (χ3n) is 4.74. The van der Waals surface area contributed by atoms with Crippen molar-refractivity contribution in [2.75, 3.05) is 12.4 Å². The maximum absolute atomic E-state index is 12.2. The van der Waals surface area contributed by atoms with Crippen LogP contribution in [0.1, 0.15) is 32.1 Å². The van der Waals surface area contributed by atoms with Crippen molar-refractivity contribution in [3.8, 4) is 11.5 Å². The van der Waals surface area contributed by atoms with E-state index in [9.17, 15) is 4.79 Å². The lowest BCUT2D eigenvalue weighted by Gasteiger charge is -2.28. The fourth-order valence-electron chi connectivity index (χ4n) is 3.33. The number of methoxy groups -OCH3 is 1. The SMILES string of the molecule is COc1cccc(O[C@H]2CC[C@H](CC(=O)Nc3ccc(Cl)cc3)CC2)c1. The number of halogens is 1. The summed E-state index contributed by atoms with van der Waals surface area (Å²) in [5, 5.41) is 3.60. The normalized spacial score (nSPS) is 19.6. The number of nitrogens with one attached hydrogen (secondary N) is 1. The van der Waals surface area contributed by atoms with E-state index in [2.05, 4.69) is 5.32 Å². The molecule has 0 unspecified atom stereocenters. The Bertz CT molecular complexity index is 724. The standard InChI is InChI=1S/C21H24ClNO3/c1-25-19-3-2-4-20(14-19)26-18-11-5-15(6-12-18)13-21(24)23-17-9-7-16(22)8-10-17/h2-4,7-10,14-15,18H,5-6,11-13H2,1H3,(H,23,24)/t15-,18-. The largest absolute Gasteiger partial charge is 0.497 e. The van der Waals surface area contributed by atoms with Crippen LogP contribution in [0.4, 0.5) is 5.69 Å². The molecule has 0 bridgehead atoms. The quantitative estimate of drug-likeness (QED) is 0.745. The Labute approximate surface area is 159 Å². The summed E-state index contributed by atoms with van der Waals surface area (Å²) in [4.78, 5) is 12.2. The number of hydrogen-bond donors (Lipinski definition) is 1. The van der Waals surface area contributed by atoms with E-state index < -0.39 is 0 Å². The molecule has 1 saturated carbocycles. The molecule has 5 heteroatoms. The first kappa shape index (κ1) is 18.6. The molecule has 2 aromatic carbocycles. The van der Waals surface area contributed by atoms with E-state index in [1.165, 1.54) is 0 Å². The highest BCUT2D eigenvalue weighted by atomic mass is 35.5. The molecule has 0 radical (unpaired) electrons. The molecule has 1 N–H and O–H groups in total. The Morgan fingerprint density at radius 1 is 1.08 bits per heavy atom. The Hall–Kier alpha value is -2.20. The van der Waals surface area contributed by atoms with Crippen molar-refractivity contribution in [3.05, 3.63) is 53.6 Å². The van der Waals surface area contributed by atoms with Crippen LogP contribution in [0.15, 0.2) is 48.5 Å². The summed E-state index contributed by atoms with van der Waals surface area (Å²) in [7, 11) is 1.65. The van der Waals surface area contributed by atoms with E-state index in [0.717, 1.165) is 42.9 Å². The van der Waals surface area contributed by atoms with Crippen molar-refractivity contribution in [3.63, 3.8) is 0 Å². The average molecular weight is 374 g/mol. The van der Waals surface area contributed by atoms with E-state index in [4.69, 9.17) is 21.1 Å². The number of carbonyl (C=O) groups is 1. The summed E-state index contributed by atoms with van der Waals surface area (Å²) in [5.41, 5.74) is 0.787. The molecule has 4 nitrogen and oxygen atoms in total. The van der Waals surface area contributed by atoms with Crippen molar-refractivity contribution in [1.29, 1.82) is 0 Å². The van der Waals surface area contributed by atoms with Crippen molar-refractivity contribution in [1.82, 2.24) is 0 Å². The van der Waals surface area contributed by atoms with Gasteiger partial charge in [0.25, 0.3) is 0 Å². The lowest BCUT2D eigenvalue weighted by Crippen LogP contribution is -2.26. The molecular formula is C21H24ClNO3. The number of anilines is 1. The summed E-state index contributed by atoms with van der Waals surface area (Å²) in [6, 6.07) is 14.9. The van der Waals surface area contributed by atoms with E-state index in [1.54, 1.807) is 19.2 Å². The maximum Gasteiger partial charge on any atom is 0.224 e. The number of ether oxygens (including phenoxy) is 2. The lowest BCUT2D eigenvalue weighted by molar-refractivity contribution is -0.117. The fourth-order valence-corrected chi connectivity index (χ4v) is 3.45. The highest BCUT2D eigenvalue weighted by molar-refractivity contribution is 6.30. The van der Waals surface area contributed by atoms with Gasteiger partial charge >= 0.3 is 0 Å². The molecule has 0 heterocycles. The van der Waals surface area contributed by atoms with Gasteiger partial charge in [-0.25, -0.2) is 0 Å². The predicted octanol–water partition coefficient (Wildman–Crippen LogP) is 5.32. The number of benzene rings is 2. The zero-order valence-electron chi connectivity index (χ0n) is 14.9. The second-order valence-corrected chi connectivity index (χ2v) is 7.14. The molecule has 1 fully saturated rings. The summed E-state index contributed by atoms with van der Waals surface area (Å²) < 4.78 is 11.3. The third kappa shape index (κ3) is 5.40. The van der Waals surface area contributed by atoms with Gasteiger partial charge < -0.3 is 14.8 Å². The summed E-state index contributed by atoms with van der Waals surface area (Å²) in [6.07, 6.45) is 4.70. The van der Waals surface area contributed by atoms with E-state index in [0.29, 0.717) is 17.4 Å². The van der Waals surface area contributed by atoms with Gasteiger partial charge in [-0.1, -0.05) is 17.7 Å². The van der Waals surface area contributed by atoms with Gasteiger partial charge in [-0.15, -0.1) is 0 Å². The van der Waals surface area contributed by atoms with E-state index in [1.807, 2.05) is 36.4 Å². The minimum Gasteiger partial charge on any atom is -0.497 e. The zero-order valence-corrected chi connectivity index (χ0v) is 15.7. The van der Waals surface area contributed by atoms with Gasteiger partial charge in [0, 0.05) is 23.2 Å². The minimum absolute atomic E-state index is 0.0597. The van der Waals surface area contributed by atoms with E-state index in [-0.39, 0.29) is 12.0 Å². The number of hydrogen-bond acceptors (Lipinski definition) is 3. The smallest absolute Gasteiger partial charge is 0.224 e. The van der Waals surface area contributed by atoms with Gasteiger partial charge in [-0.05, 0) is 68.0 Å². The van der Waals surface area contributed by atoms with Gasteiger partial charge in [0.15, 0.2) is 0 Å². The second-order valence-electron chi connectivity index (χ2n) is 6.70. The van der Waals surface area contributed by atoms with E-state index >= 15 is 0 Å². The maximum atomic E-state index is 12.2. The van der Waals surface area contributed by atoms with Gasteiger partial charge in [0.2, 0.25) is 5.91 Å². The molecule has 0 saturated heterocycles. The fraction of sp³-hybridized carbons (Fsp3) is 0.381. The van der Waals surface area contributed by atoms with Crippen LogP contribution in [0.25, 0.3) is 0 Å². The van der Waals surface area contributed by atoms with Crippen molar-refractivity contribution >= 4 is 23.2 Å². The Balaban J connectivity index is 1.43. The van der Waals surface area contributed by atoms with Crippen LogP contribution in [0, 0.1) is 5.92 Å². The average Bonchev–Trinajstić information content (AvgIpc) is 2.65. The van der Waals surface area contributed by atoms with Crippen LogP contribution in [0.2, 0.25) is 5.02 Å². The monoisotopic (exact) mass is 373 g/mol. The molecule has 1 aliphatic rings. The first-order valence-corrected chi connectivity index (χ1v) is 9.36. The van der Waals surface area contributed by atoms with Crippen LogP contribution in [0.3, 0.4) is 0 Å². The molecule has 0 spiro atoms. The second kappa shape index (κ2) is 8.95. The topological polar surface area (TPSA) is 47.6 Å². The van der Waals surface area contributed by atoms with Crippen LogP contribution < -0.4 is 14.8 Å². The molecule has 138 valence electrons. The molecule has 1 aliphatic carbocycles. The van der Waals surface area contributed by atoms with Gasteiger partial charge in [-0.3, -0.25) is 4.79 Å². The van der Waals surface area contributed by atoms with Crippen molar-refractivity contribution in [2.45, 2.75) is 38.2 Å². The Kier molecular flexibility index (Phi) is 6.40. The van der Waals surface area contributed by atoms with Gasteiger partial charge in [-0.2, -0.15) is 0 Å². The van der Waals surface area contributed by atoms with Crippen molar-refractivity contribution < 1.29 is 14.3 Å². The van der Waals surface area contributed by atoms with Crippen LogP contribution in [-0.2, 0) is 4.79 Å². The number of amides is 1.